The topological polar surface area (TPSA) is 35.5 Å². The number of carbonyl (C=O) groups excluding carboxylic acids is 1. The Morgan fingerprint density at radius 2 is 1.71 bits per heavy atom. The number of thioether (sulfide) groups is 2. The second kappa shape index (κ2) is 15.8. The predicted molar refractivity (Wildman–Crippen MR) is 158 cm³/mol. The number of hydrogen-bond donors (Lipinski definition) is 0. The van der Waals surface area contributed by atoms with E-state index in [0.29, 0.717) is 10.1 Å². The van der Waals surface area contributed by atoms with Crippen LogP contribution < -0.4 is 9.47 Å². The van der Waals surface area contributed by atoms with E-state index in [4.69, 9.17) is 21.7 Å². The van der Waals surface area contributed by atoms with Crippen molar-refractivity contribution in [2.24, 2.45) is 5.92 Å². The summed E-state index contributed by atoms with van der Waals surface area (Å²) < 4.78 is 12.9. The third kappa shape index (κ3) is 9.62. The number of thiocarbonyl (C=S) groups is 1. The SMILES string of the molecule is C=C(C)[C@@H]1CCC(C)=C[C@H]1c1c(OC(=O)SCCC)cc(CCCCC)cc1OC(=S)SCCC. The van der Waals surface area contributed by atoms with Gasteiger partial charge in [0.1, 0.15) is 11.5 Å². The van der Waals surface area contributed by atoms with Crippen molar-refractivity contribution in [1.82, 2.24) is 0 Å². The number of benzene rings is 1. The zero-order valence-corrected chi connectivity index (χ0v) is 24.6. The molecule has 2 atom stereocenters. The summed E-state index contributed by atoms with van der Waals surface area (Å²) in [5, 5.41) is -0.268. The Morgan fingerprint density at radius 1 is 1.06 bits per heavy atom. The van der Waals surface area contributed by atoms with Gasteiger partial charge in [0, 0.05) is 23.0 Å². The lowest BCUT2D eigenvalue weighted by molar-refractivity contribution is 0.226. The Kier molecular flexibility index (Phi) is 13.5. The molecular weight excluding hydrogens is 493 g/mol. The zero-order valence-electron chi connectivity index (χ0n) is 22.1. The highest BCUT2D eigenvalue weighted by molar-refractivity contribution is 8.22. The first-order chi connectivity index (χ1) is 16.8. The molecule has 0 aliphatic heterocycles. The first kappa shape index (κ1) is 30.0. The molecule has 0 aromatic heterocycles. The van der Waals surface area contributed by atoms with Crippen molar-refractivity contribution < 1.29 is 14.3 Å². The minimum atomic E-state index is -0.268. The summed E-state index contributed by atoms with van der Waals surface area (Å²) in [7, 11) is 0. The fourth-order valence-electron chi connectivity index (χ4n) is 4.39. The van der Waals surface area contributed by atoms with Crippen molar-refractivity contribution in [1.29, 1.82) is 0 Å². The fourth-order valence-corrected chi connectivity index (χ4v) is 5.77. The molecule has 0 unspecified atom stereocenters. The number of hydrogen-bond acceptors (Lipinski definition) is 6. The van der Waals surface area contributed by atoms with Crippen molar-refractivity contribution >= 4 is 45.4 Å². The Bertz CT molecular complexity index is 863. The molecular formula is C29H42O3S3. The highest BCUT2D eigenvalue weighted by Gasteiger charge is 2.32. The molecule has 3 nitrogen and oxygen atoms in total. The number of rotatable bonds is 12. The van der Waals surface area contributed by atoms with E-state index in [1.807, 2.05) is 0 Å². The van der Waals surface area contributed by atoms with Crippen LogP contribution in [0.25, 0.3) is 0 Å². The number of unbranched alkanes of at least 4 members (excludes halogenated alkanes) is 2. The summed E-state index contributed by atoms with van der Waals surface area (Å²) in [4.78, 5) is 12.8. The van der Waals surface area contributed by atoms with Crippen LogP contribution in [0.5, 0.6) is 11.5 Å². The normalized spacial score (nSPS) is 17.6. The fraction of sp³-hybridized carbons (Fsp3) is 0.586. The van der Waals surface area contributed by atoms with Gasteiger partial charge < -0.3 is 9.47 Å². The summed E-state index contributed by atoms with van der Waals surface area (Å²) >= 11 is 8.39. The number of carbonyl (C=O) groups is 1. The molecule has 0 saturated heterocycles. The van der Waals surface area contributed by atoms with Crippen LogP contribution in [0.15, 0.2) is 35.9 Å². The molecule has 0 spiro atoms. The minimum Gasteiger partial charge on any atom is -0.439 e. The molecule has 0 radical (unpaired) electrons. The summed E-state index contributed by atoms with van der Waals surface area (Å²) in [6, 6.07) is 4.17. The van der Waals surface area contributed by atoms with Crippen LogP contribution >= 0.6 is 35.7 Å². The van der Waals surface area contributed by atoms with Gasteiger partial charge >= 0.3 is 5.30 Å². The van der Waals surface area contributed by atoms with Gasteiger partial charge in [-0.15, -0.1) is 0 Å². The third-order valence-corrected chi connectivity index (χ3v) is 8.48. The Balaban J connectivity index is 2.62. The first-order valence-corrected chi connectivity index (χ1v) is 15.4. The average molecular weight is 535 g/mol. The third-order valence-electron chi connectivity index (χ3n) is 6.18. The maximum absolute atomic E-state index is 12.8. The number of aryl methyl sites for hydroxylation is 1. The van der Waals surface area contributed by atoms with Gasteiger partial charge in [-0.25, -0.2) is 4.79 Å². The van der Waals surface area contributed by atoms with E-state index in [2.05, 4.69) is 59.4 Å². The van der Waals surface area contributed by atoms with Crippen LogP contribution in [0.2, 0.25) is 0 Å². The van der Waals surface area contributed by atoms with E-state index in [1.165, 1.54) is 17.3 Å². The predicted octanol–water partition coefficient (Wildman–Crippen LogP) is 9.88. The van der Waals surface area contributed by atoms with Gasteiger partial charge in [-0.1, -0.05) is 69.2 Å². The van der Waals surface area contributed by atoms with Crippen LogP contribution in [-0.2, 0) is 6.42 Å². The van der Waals surface area contributed by atoms with Gasteiger partial charge in [-0.05, 0) is 100.0 Å². The Morgan fingerprint density at radius 3 is 2.34 bits per heavy atom. The molecule has 1 aromatic carbocycles. The summed E-state index contributed by atoms with van der Waals surface area (Å²) in [6.07, 6.45) is 10.6. The molecule has 1 aliphatic rings. The molecule has 1 aliphatic carbocycles. The summed E-state index contributed by atoms with van der Waals surface area (Å²) in [5.41, 5.74) is 4.51. The van der Waals surface area contributed by atoms with Gasteiger partial charge in [-0.2, -0.15) is 0 Å². The quantitative estimate of drug-likeness (QED) is 0.115. The van der Waals surface area contributed by atoms with E-state index in [1.54, 1.807) is 11.8 Å². The lowest BCUT2D eigenvalue weighted by atomic mass is 9.73. The second-order valence-electron chi connectivity index (χ2n) is 9.39. The highest BCUT2D eigenvalue weighted by atomic mass is 32.2. The molecule has 0 N–H and O–H groups in total. The van der Waals surface area contributed by atoms with E-state index >= 15 is 0 Å². The maximum Gasteiger partial charge on any atom is 0.372 e. The average Bonchev–Trinajstić information content (AvgIpc) is 2.81. The highest BCUT2D eigenvalue weighted by Crippen LogP contribution is 2.48. The monoisotopic (exact) mass is 534 g/mol. The van der Waals surface area contributed by atoms with Crippen LogP contribution in [0.1, 0.15) is 96.6 Å². The smallest absolute Gasteiger partial charge is 0.372 e. The molecule has 0 fully saturated rings. The van der Waals surface area contributed by atoms with E-state index in [-0.39, 0.29) is 17.1 Å². The van der Waals surface area contributed by atoms with E-state index in [9.17, 15) is 4.79 Å². The van der Waals surface area contributed by atoms with Crippen molar-refractivity contribution in [3.8, 4) is 11.5 Å². The van der Waals surface area contributed by atoms with Gasteiger partial charge in [0.05, 0.1) is 0 Å². The molecule has 2 rings (SSSR count). The van der Waals surface area contributed by atoms with Crippen LogP contribution in [0.4, 0.5) is 4.79 Å². The standard InChI is InChI=1S/C29H42O3S3/c1-7-10-11-12-22-18-25(31-28(30)34-15-8-2)27(26(19-22)32-29(33)35-16-9-3)24-17-21(6)13-14-23(24)20(4)5/h17-19,23-24H,4,7-16H2,1-3,5-6H3/t23-,24+/m0/s1. The lowest BCUT2D eigenvalue weighted by Crippen LogP contribution is -2.20. The molecule has 194 valence electrons. The number of ether oxygens (including phenoxy) is 2. The second-order valence-corrected chi connectivity index (χ2v) is 12.1. The van der Waals surface area contributed by atoms with Crippen molar-refractivity contribution in [3.05, 3.63) is 47.1 Å². The van der Waals surface area contributed by atoms with Crippen molar-refractivity contribution in [2.45, 2.75) is 91.9 Å². The molecule has 35 heavy (non-hydrogen) atoms. The molecule has 0 saturated carbocycles. The van der Waals surface area contributed by atoms with Gasteiger partial charge in [0.2, 0.25) is 4.38 Å². The largest absolute Gasteiger partial charge is 0.439 e. The van der Waals surface area contributed by atoms with Gasteiger partial charge in [0.15, 0.2) is 0 Å². The minimum absolute atomic E-state index is 0.0268. The lowest BCUT2D eigenvalue weighted by Gasteiger charge is -2.32. The first-order valence-electron chi connectivity index (χ1n) is 13.0. The summed E-state index contributed by atoms with van der Waals surface area (Å²) in [5.74, 6) is 3.26. The number of allylic oxidation sites excluding steroid dienone is 3. The van der Waals surface area contributed by atoms with E-state index < -0.39 is 0 Å². The van der Waals surface area contributed by atoms with Crippen LogP contribution in [-0.4, -0.2) is 21.2 Å². The van der Waals surface area contributed by atoms with Crippen molar-refractivity contribution in [3.63, 3.8) is 0 Å². The molecule has 0 amide bonds. The molecule has 0 heterocycles. The molecule has 1 aromatic rings. The Hall–Kier alpha value is -1.24. The van der Waals surface area contributed by atoms with Crippen molar-refractivity contribution in [2.75, 3.05) is 11.5 Å². The van der Waals surface area contributed by atoms with Crippen LogP contribution in [0.3, 0.4) is 0 Å². The van der Waals surface area contributed by atoms with Gasteiger partial charge in [-0.3, -0.25) is 0 Å². The van der Waals surface area contributed by atoms with Gasteiger partial charge in [0.25, 0.3) is 0 Å². The van der Waals surface area contributed by atoms with Crippen LogP contribution in [0, 0.1) is 5.92 Å². The molecule has 0 bridgehead atoms. The van der Waals surface area contributed by atoms with E-state index in [0.717, 1.165) is 85.3 Å². The molecule has 6 heteroatoms. The zero-order chi connectivity index (χ0) is 25.8. The maximum atomic E-state index is 12.8. The summed E-state index contributed by atoms with van der Waals surface area (Å²) in [6.45, 7) is 15.0. The Labute approximate surface area is 226 Å².